The largest absolute Gasteiger partial charge is 0.493 e. The first-order valence-electron chi connectivity index (χ1n) is 12.4. The third-order valence-corrected chi connectivity index (χ3v) is 7.18. The molecule has 0 amide bonds. The van der Waals surface area contributed by atoms with E-state index in [0.29, 0.717) is 30.9 Å². The number of benzene rings is 2. The first-order valence-corrected chi connectivity index (χ1v) is 12.4. The minimum Gasteiger partial charge on any atom is -0.493 e. The predicted octanol–water partition coefficient (Wildman–Crippen LogP) is 6.05. The molecule has 1 saturated heterocycles. The summed E-state index contributed by atoms with van der Waals surface area (Å²) in [5.74, 6) is 1.57. The first kappa shape index (κ1) is 25.8. The Hall–Kier alpha value is -2.25. The molecule has 4 rings (SSSR count). The number of halogens is 3. The van der Waals surface area contributed by atoms with Gasteiger partial charge in [0.25, 0.3) is 0 Å². The molecule has 0 radical (unpaired) electrons. The van der Waals surface area contributed by atoms with Gasteiger partial charge in [-0.15, -0.1) is 0 Å². The first-order chi connectivity index (χ1) is 16.4. The molecule has 0 unspecified atom stereocenters. The van der Waals surface area contributed by atoms with Gasteiger partial charge in [0.1, 0.15) is 0 Å². The van der Waals surface area contributed by atoms with Crippen molar-refractivity contribution in [1.29, 1.82) is 0 Å². The van der Waals surface area contributed by atoms with Crippen LogP contribution in [0.3, 0.4) is 0 Å². The third-order valence-electron chi connectivity index (χ3n) is 7.18. The van der Waals surface area contributed by atoms with Gasteiger partial charge in [-0.1, -0.05) is 32.9 Å². The average Bonchev–Trinajstić information content (AvgIpc) is 2.78. The Kier molecular flexibility index (Phi) is 7.39. The summed E-state index contributed by atoms with van der Waals surface area (Å²) in [6.45, 7) is 8.85. The highest BCUT2D eigenvalue weighted by atomic mass is 19.4. The lowest BCUT2D eigenvalue weighted by Gasteiger charge is -2.47. The molecule has 7 heteroatoms. The van der Waals surface area contributed by atoms with Crippen molar-refractivity contribution in [3.8, 4) is 11.5 Å². The van der Waals surface area contributed by atoms with Gasteiger partial charge in [-0.2, -0.15) is 13.2 Å². The number of aliphatic hydroxyl groups is 1. The van der Waals surface area contributed by atoms with E-state index < -0.39 is 11.7 Å². The van der Waals surface area contributed by atoms with Crippen LogP contribution in [-0.2, 0) is 19.0 Å². The van der Waals surface area contributed by atoms with Gasteiger partial charge in [-0.3, -0.25) is 4.90 Å². The predicted molar refractivity (Wildman–Crippen MR) is 130 cm³/mol. The highest BCUT2D eigenvalue weighted by molar-refractivity contribution is 5.49. The Labute approximate surface area is 206 Å². The van der Waals surface area contributed by atoms with Crippen molar-refractivity contribution in [2.75, 3.05) is 26.8 Å². The molecule has 2 aromatic carbocycles. The summed E-state index contributed by atoms with van der Waals surface area (Å²) in [6, 6.07) is 9.43. The summed E-state index contributed by atoms with van der Waals surface area (Å²) in [4.78, 5) is 2.50. The van der Waals surface area contributed by atoms with Crippen LogP contribution in [0.25, 0.3) is 0 Å². The average molecular weight is 492 g/mol. The summed E-state index contributed by atoms with van der Waals surface area (Å²) in [5, 5.41) is 10.9. The van der Waals surface area contributed by atoms with Crippen molar-refractivity contribution in [2.45, 2.75) is 64.8 Å². The van der Waals surface area contributed by atoms with E-state index in [2.05, 4.69) is 25.7 Å². The Bertz CT molecular complexity index is 1010. The minimum absolute atomic E-state index is 0.167. The van der Waals surface area contributed by atoms with Crippen molar-refractivity contribution in [2.24, 2.45) is 11.3 Å². The zero-order chi connectivity index (χ0) is 25.4. The number of fused-ring (bicyclic) bond motifs is 3. The van der Waals surface area contributed by atoms with E-state index in [0.717, 1.165) is 43.6 Å². The molecule has 192 valence electrons. The van der Waals surface area contributed by atoms with Crippen LogP contribution in [0.4, 0.5) is 13.2 Å². The van der Waals surface area contributed by atoms with E-state index in [-0.39, 0.29) is 23.5 Å². The number of rotatable bonds is 6. The molecule has 2 heterocycles. The number of hydrogen-bond donors (Lipinski definition) is 1. The number of aliphatic hydroxyl groups excluding tert-OH is 1. The van der Waals surface area contributed by atoms with E-state index in [1.807, 2.05) is 12.1 Å². The van der Waals surface area contributed by atoms with Crippen LogP contribution in [-0.4, -0.2) is 42.9 Å². The monoisotopic (exact) mass is 491 g/mol. The molecule has 0 aliphatic carbocycles. The second-order valence-electron chi connectivity index (χ2n) is 11.1. The maximum atomic E-state index is 12.8. The van der Waals surface area contributed by atoms with E-state index in [4.69, 9.17) is 9.47 Å². The Morgan fingerprint density at radius 2 is 1.77 bits per heavy atom. The number of nitrogens with zero attached hydrogens (tertiary/aromatic N) is 1. The van der Waals surface area contributed by atoms with Gasteiger partial charge in [0, 0.05) is 25.6 Å². The SMILES string of the molecule is COc1cc2c(cc1OCCc1ccc(C(F)(F)F)cc1)CCN1C[C@@H](CC(C)(C)C)[C@H](O)C[C@H]21. The quantitative estimate of drug-likeness (QED) is 0.534. The lowest BCUT2D eigenvalue weighted by Crippen LogP contribution is -2.48. The fraction of sp³-hybridized carbons (Fsp3) is 0.571. The van der Waals surface area contributed by atoms with Gasteiger partial charge in [-0.25, -0.2) is 0 Å². The molecular formula is C28H36F3NO3. The van der Waals surface area contributed by atoms with Crippen molar-refractivity contribution < 1.29 is 27.8 Å². The van der Waals surface area contributed by atoms with Crippen molar-refractivity contribution in [1.82, 2.24) is 4.90 Å². The smallest absolute Gasteiger partial charge is 0.416 e. The molecule has 4 nitrogen and oxygen atoms in total. The minimum atomic E-state index is -4.33. The topological polar surface area (TPSA) is 41.9 Å². The third kappa shape index (κ3) is 6.12. The molecule has 3 atom stereocenters. The molecule has 0 spiro atoms. The van der Waals surface area contributed by atoms with Crippen molar-refractivity contribution in [3.63, 3.8) is 0 Å². The van der Waals surface area contributed by atoms with E-state index in [9.17, 15) is 18.3 Å². The lowest BCUT2D eigenvalue weighted by molar-refractivity contribution is -0.137. The molecule has 35 heavy (non-hydrogen) atoms. The second kappa shape index (κ2) is 10.0. The van der Waals surface area contributed by atoms with E-state index >= 15 is 0 Å². The van der Waals surface area contributed by atoms with E-state index in [1.165, 1.54) is 23.3 Å². The maximum Gasteiger partial charge on any atom is 0.416 e. The number of hydrogen-bond acceptors (Lipinski definition) is 4. The zero-order valence-corrected chi connectivity index (χ0v) is 21.0. The zero-order valence-electron chi connectivity index (χ0n) is 21.0. The van der Waals surface area contributed by atoms with Gasteiger partial charge in [0.15, 0.2) is 11.5 Å². The number of methoxy groups -OCH3 is 1. The van der Waals surface area contributed by atoms with Gasteiger partial charge in [0.05, 0.1) is 25.4 Å². The summed E-state index contributed by atoms with van der Waals surface area (Å²) >= 11 is 0. The van der Waals surface area contributed by atoms with Crippen LogP contribution < -0.4 is 9.47 Å². The molecule has 2 aliphatic heterocycles. The summed E-state index contributed by atoms with van der Waals surface area (Å²) in [6.07, 6.45) is -1.54. The Morgan fingerprint density at radius 3 is 2.40 bits per heavy atom. The van der Waals surface area contributed by atoms with Crippen LogP contribution in [0.1, 0.15) is 61.9 Å². The fourth-order valence-electron chi connectivity index (χ4n) is 5.50. The lowest BCUT2D eigenvalue weighted by atomic mass is 9.75. The Morgan fingerprint density at radius 1 is 1.06 bits per heavy atom. The maximum absolute atomic E-state index is 12.8. The van der Waals surface area contributed by atoms with Crippen LogP contribution in [0.2, 0.25) is 0 Å². The van der Waals surface area contributed by atoms with Crippen LogP contribution in [0, 0.1) is 11.3 Å². The fourth-order valence-corrected chi connectivity index (χ4v) is 5.50. The van der Waals surface area contributed by atoms with Crippen molar-refractivity contribution >= 4 is 0 Å². The van der Waals surface area contributed by atoms with Gasteiger partial charge in [-0.05, 0) is 71.6 Å². The molecule has 1 N–H and O–H groups in total. The van der Waals surface area contributed by atoms with Gasteiger partial charge < -0.3 is 14.6 Å². The van der Waals surface area contributed by atoms with Gasteiger partial charge >= 0.3 is 6.18 Å². The summed E-state index contributed by atoms with van der Waals surface area (Å²) in [7, 11) is 1.61. The van der Waals surface area contributed by atoms with Gasteiger partial charge in [0.2, 0.25) is 0 Å². The van der Waals surface area contributed by atoms with Crippen molar-refractivity contribution in [3.05, 3.63) is 58.7 Å². The highest BCUT2D eigenvalue weighted by Gasteiger charge is 2.39. The standard InChI is InChI=1S/C28H36F3NO3/c1-27(2,3)16-20-17-32-11-9-19-13-26(25(34-4)14-22(19)23(32)15-24(20)33)35-12-10-18-5-7-21(8-6-18)28(29,30)31/h5-8,13-14,20,23-24,33H,9-12,15-17H2,1-4H3/t20-,23-,24-/m1/s1. The highest BCUT2D eigenvalue weighted by Crippen LogP contribution is 2.44. The van der Waals surface area contributed by atoms with Crippen LogP contribution in [0.15, 0.2) is 36.4 Å². The molecular weight excluding hydrogens is 455 g/mol. The van der Waals surface area contributed by atoms with E-state index in [1.54, 1.807) is 7.11 Å². The molecule has 0 saturated carbocycles. The Balaban J connectivity index is 1.43. The summed E-state index contributed by atoms with van der Waals surface area (Å²) < 4.78 is 49.9. The molecule has 0 aromatic heterocycles. The normalized spacial score (nSPS) is 22.9. The van der Waals surface area contributed by atoms with Crippen LogP contribution in [0.5, 0.6) is 11.5 Å². The molecule has 1 fully saturated rings. The summed E-state index contributed by atoms with van der Waals surface area (Å²) in [5.41, 5.74) is 2.72. The van der Waals surface area contributed by atoms with Crippen LogP contribution >= 0.6 is 0 Å². The second-order valence-corrected chi connectivity index (χ2v) is 11.1. The number of piperidine rings is 1. The molecule has 2 aromatic rings. The number of ether oxygens (including phenoxy) is 2. The number of alkyl halides is 3. The molecule has 2 aliphatic rings. The molecule has 0 bridgehead atoms.